The molecule has 1 aromatic rings. The summed E-state index contributed by atoms with van der Waals surface area (Å²) in [6.45, 7) is 7.85. The second-order valence-electron chi connectivity index (χ2n) is 4.94. The number of likely N-dealkylation sites (N-methyl/N-ethyl adjacent to an activating group) is 1. The summed E-state index contributed by atoms with van der Waals surface area (Å²) in [5, 5.41) is 11.2. The number of methoxy groups -OCH3 is 1. The average Bonchev–Trinajstić information content (AvgIpc) is 2.57. The molecule has 0 bridgehead atoms. The molecule has 0 saturated carbocycles. The Morgan fingerprint density at radius 3 is 2.70 bits per heavy atom. The second kappa shape index (κ2) is 10.5. The minimum Gasteiger partial charge on any atom is -0.493 e. The van der Waals surface area contributed by atoms with Crippen molar-refractivity contribution in [1.82, 2.24) is 10.2 Å². The van der Waals surface area contributed by atoms with Crippen LogP contribution in [0.1, 0.15) is 25.8 Å². The van der Waals surface area contributed by atoms with Gasteiger partial charge in [0.05, 0.1) is 13.2 Å². The van der Waals surface area contributed by atoms with Crippen LogP contribution in [-0.4, -0.2) is 44.2 Å². The van der Waals surface area contributed by atoms with Gasteiger partial charge in [0.25, 0.3) is 0 Å². The molecular weight excluding hydrogens is 294 g/mol. The molecule has 0 fully saturated rings. The minimum atomic E-state index is -0.301. The molecule has 0 unspecified atom stereocenters. The number of rotatable bonds is 10. The Morgan fingerprint density at radius 2 is 2.09 bits per heavy atom. The fourth-order valence-electron chi connectivity index (χ4n) is 2.17. The number of amides is 1. The third-order valence-electron chi connectivity index (χ3n) is 3.54. The molecule has 0 spiro atoms. The van der Waals surface area contributed by atoms with Crippen LogP contribution in [0.3, 0.4) is 0 Å². The summed E-state index contributed by atoms with van der Waals surface area (Å²) in [7, 11) is 1.59. The second-order valence-corrected chi connectivity index (χ2v) is 4.94. The topological polar surface area (TPSA) is 74.6 Å². The van der Waals surface area contributed by atoms with Crippen LogP contribution >= 0.6 is 0 Å². The number of nitriles is 1. The Bertz CT molecular complexity index is 536. The van der Waals surface area contributed by atoms with Crippen molar-refractivity contribution in [2.45, 2.75) is 26.8 Å². The molecule has 0 aliphatic rings. The molecule has 1 rings (SSSR count). The van der Waals surface area contributed by atoms with Gasteiger partial charge in [-0.05, 0) is 19.2 Å². The summed E-state index contributed by atoms with van der Waals surface area (Å²) in [6.07, 6.45) is -0.151. The highest BCUT2D eigenvalue weighted by atomic mass is 16.5. The first-order valence-electron chi connectivity index (χ1n) is 7.80. The van der Waals surface area contributed by atoms with E-state index in [1.54, 1.807) is 7.11 Å². The maximum atomic E-state index is 11.5. The van der Waals surface area contributed by atoms with Crippen LogP contribution in [0.5, 0.6) is 11.5 Å². The van der Waals surface area contributed by atoms with Gasteiger partial charge in [0.15, 0.2) is 11.5 Å². The molecule has 0 aliphatic heterocycles. The van der Waals surface area contributed by atoms with E-state index in [1.165, 1.54) is 0 Å². The largest absolute Gasteiger partial charge is 0.493 e. The Labute approximate surface area is 138 Å². The lowest BCUT2D eigenvalue weighted by Gasteiger charge is -2.20. The summed E-state index contributed by atoms with van der Waals surface area (Å²) in [4.78, 5) is 13.7. The first-order chi connectivity index (χ1) is 11.2. The molecule has 0 radical (unpaired) electrons. The average molecular weight is 319 g/mol. The van der Waals surface area contributed by atoms with Crippen LogP contribution in [0.25, 0.3) is 0 Å². The van der Waals surface area contributed by atoms with Gasteiger partial charge in [-0.25, -0.2) is 0 Å². The lowest BCUT2D eigenvalue weighted by molar-refractivity contribution is -0.120. The van der Waals surface area contributed by atoms with Crippen LogP contribution in [0.15, 0.2) is 18.2 Å². The van der Waals surface area contributed by atoms with Crippen molar-refractivity contribution in [3.8, 4) is 17.6 Å². The van der Waals surface area contributed by atoms with Gasteiger partial charge in [-0.15, -0.1) is 0 Å². The number of hydrogen-bond donors (Lipinski definition) is 1. The molecular formula is C17H25N3O3. The third kappa shape index (κ3) is 6.17. The first-order valence-corrected chi connectivity index (χ1v) is 7.80. The predicted molar refractivity (Wildman–Crippen MR) is 88.4 cm³/mol. The highest BCUT2D eigenvalue weighted by Crippen LogP contribution is 2.31. The summed E-state index contributed by atoms with van der Waals surface area (Å²) < 4.78 is 11.2. The number of para-hydroxylation sites is 1. The van der Waals surface area contributed by atoms with E-state index in [0.29, 0.717) is 24.7 Å². The van der Waals surface area contributed by atoms with Crippen molar-refractivity contribution in [3.63, 3.8) is 0 Å². The Morgan fingerprint density at radius 1 is 1.35 bits per heavy atom. The fourth-order valence-corrected chi connectivity index (χ4v) is 2.17. The number of carbonyl (C=O) groups is 1. The van der Waals surface area contributed by atoms with Gasteiger partial charge >= 0.3 is 0 Å². The van der Waals surface area contributed by atoms with Crippen LogP contribution in [-0.2, 0) is 11.3 Å². The van der Waals surface area contributed by atoms with Crippen molar-refractivity contribution in [2.24, 2.45) is 0 Å². The molecule has 0 atom stereocenters. The third-order valence-corrected chi connectivity index (χ3v) is 3.54. The smallest absolute Gasteiger partial charge is 0.234 e. The zero-order chi connectivity index (χ0) is 17.1. The lowest BCUT2D eigenvalue weighted by Crippen LogP contribution is -2.28. The molecule has 23 heavy (non-hydrogen) atoms. The molecule has 1 N–H and O–H groups in total. The zero-order valence-electron chi connectivity index (χ0n) is 14.1. The number of benzene rings is 1. The van der Waals surface area contributed by atoms with E-state index in [4.69, 9.17) is 14.7 Å². The monoisotopic (exact) mass is 319 g/mol. The van der Waals surface area contributed by atoms with Gasteiger partial charge in [-0.2, -0.15) is 5.26 Å². The standard InChI is InChI=1S/C17H25N3O3/c1-4-20(5-2)11-12-23-17-14(7-6-8-15(17)22-3)13-19-16(21)9-10-18/h6-8H,4-5,9,11-13H2,1-3H3,(H,19,21). The summed E-state index contributed by atoms with van der Waals surface area (Å²) in [5.74, 6) is 0.973. The summed E-state index contributed by atoms with van der Waals surface area (Å²) >= 11 is 0. The Hall–Kier alpha value is -2.26. The molecule has 0 aromatic heterocycles. The van der Waals surface area contributed by atoms with Gasteiger partial charge in [-0.1, -0.05) is 26.0 Å². The summed E-state index contributed by atoms with van der Waals surface area (Å²) in [5.41, 5.74) is 0.829. The van der Waals surface area contributed by atoms with Gasteiger partial charge in [0.2, 0.25) is 5.91 Å². The van der Waals surface area contributed by atoms with E-state index in [2.05, 4.69) is 24.1 Å². The highest BCUT2D eigenvalue weighted by molar-refractivity contribution is 5.78. The van der Waals surface area contributed by atoms with Crippen molar-refractivity contribution in [1.29, 1.82) is 5.26 Å². The van der Waals surface area contributed by atoms with Crippen LogP contribution in [0.4, 0.5) is 0 Å². The Kier molecular flexibility index (Phi) is 8.55. The number of nitrogens with one attached hydrogen (secondary N) is 1. The highest BCUT2D eigenvalue weighted by Gasteiger charge is 2.12. The molecule has 6 nitrogen and oxygen atoms in total. The van der Waals surface area contributed by atoms with E-state index in [0.717, 1.165) is 25.2 Å². The first kappa shape index (κ1) is 18.8. The number of hydrogen-bond acceptors (Lipinski definition) is 5. The number of ether oxygens (including phenoxy) is 2. The van der Waals surface area contributed by atoms with Gasteiger partial charge in [0, 0.05) is 18.7 Å². The van der Waals surface area contributed by atoms with Crippen LogP contribution in [0, 0.1) is 11.3 Å². The lowest BCUT2D eigenvalue weighted by atomic mass is 10.2. The Balaban J connectivity index is 2.74. The molecule has 126 valence electrons. The van der Waals surface area contributed by atoms with Gasteiger partial charge in [0.1, 0.15) is 13.0 Å². The maximum absolute atomic E-state index is 11.5. The quantitative estimate of drug-likeness (QED) is 0.713. The van der Waals surface area contributed by atoms with Gasteiger partial charge < -0.3 is 19.7 Å². The maximum Gasteiger partial charge on any atom is 0.234 e. The van der Waals surface area contributed by atoms with Crippen LogP contribution < -0.4 is 14.8 Å². The SMILES string of the molecule is CCN(CC)CCOc1c(CNC(=O)CC#N)cccc1OC. The molecule has 1 amide bonds. The van der Waals surface area contributed by atoms with E-state index in [9.17, 15) is 4.79 Å². The van der Waals surface area contributed by atoms with Crippen molar-refractivity contribution in [2.75, 3.05) is 33.4 Å². The molecule has 0 heterocycles. The minimum absolute atomic E-state index is 0.151. The molecule has 0 aliphatic carbocycles. The summed E-state index contributed by atoms with van der Waals surface area (Å²) in [6, 6.07) is 7.38. The molecule has 1 aromatic carbocycles. The van der Waals surface area contributed by atoms with Crippen molar-refractivity contribution >= 4 is 5.91 Å². The van der Waals surface area contributed by atoms with E-state index in [1.807, 2.05) is 24.3 Å². The van der Waals surface area contributed by atoms with E-state index >= 15 is 0 Å². The molecule has 6 heteroatoms. The fraction of sp³-hybridized carbons (Fsp3) is 0.529. The van der Waals surface area contributed by atoms with Crippen molar-refractivity contribution < 1.29 is 14.3 Å². The van der Waals surface area contributed by atoms with Crippen LogP contribution in [0.2, 0.25) is 0 Å². The van der Waals surface area contributed by atoms with Crippen molar-refractivity contribution in [3.05, 3.63) is 23.8 Å². The van der Waals surface area contributed by atoms with Gasteiger partial charge in [-0.3, -0.25) is 4.79 Å². The zero-order valence-corrected chi connectivity index (χ0v) is 14.1. The number of nitrogens with zero attached hydrogens (tertiary/aromatic N) is 2. The number of carbonyl (C=O) groups excluding carboxylic acids is 1. The normalized spacial score (nSPS) is 10.2. The molecule has 0 saturated heterocycles. The van der Waals surface area contributed by atoms with E-state index in [-0.39, 0.29) is 12.3 Å². The van der Waals surface area contributed by atoms with E-state index < -0.39 is 0 Å². The predicted octanol–water partition coefficient (Wildman–Crippen LogP) is 1.95.